The number of aliphatic hydroxyl groups is 2. The van der Waals surface area contributed by atoms with E-state index < -0.39 is 17.6 Å². The van der Waals surface area contributed by atoms with E-state index in [1.807, 2.05) is 91.0 Å². The smallest absolute Gasteiger partial charge is 0.127 e. The lowest BCUT2D eigenvalue weighted by Crippen LogP contribution is -2.43. The van der Waals surface area contributed by atoms with Crippen LogP contribution in [0.15, 0.2) is 91.0 Å². The molecule has 0 saturated heterocycles. The summed E-state index contributed by atoms with van der Waals surface area (Å²) < 4.78 is 0. The summed E-state index contributed by atoms with van der Waals surface area (Å²) in [7, 11) is 5.79. The van der Waals surface area contributed by atoms with Gasteiger partial charge < -0.3 is 15.5 Å². The molecule has 26 heavy (non-hydrogen) atoms. The summed E-state index contributed by atoms with van der Waals surface area (Å²) in [5.74, 6) is 0. The van der Waals surface area contributed by atoms with Gasteiger partial charge in [-0.2, -0.15) is 0 Å². The Bertz CT molecular complexity index is 755. The van der Waals surface area contributed by atoms with Crippen molar-refractivity contribution in [2.75, 3.05) is 6.54 Å². The van der Waals surface area contributed by atoms with E-state index in [2.05, 4.69) is 5.32 Å². The normalized spacial score (nSPS) is 13.9. The van der Waals surface area contributed by atoms with Crippen LogP contribution in [0.25, 0.3) is 0 Å². The van der Waals surface area contributed by atoms with Crippen LogP contribution in [0.1, 0.15) is 22.7 Å². The van der Waals surface area contributed by atoms with Gasteiger partial charge in [0, 0.05) is 18.6 Å². The molecule has 130 valence electrons. The molecule has 2 radical (unpaired) electrons. The van der Waals surface area contributed by atoms with Crippen LogP contribution in [0.2, 0.25) is 0 Å². The predicted molar refractivity (Wildman–Crippen MR) is 105 cm³/mol. The van der Waals surface area contributed by atoms with Crippen LogP contribution < -0.4 is 5.32 Å². The fourth-order valence-corrected chi connectivity index (χ4v) is 3.15. The molecule has 3 aromatic carbocycles. The first-order chi connectivity index (χ1) is 12.6. The topological polar surface area (TPSA) is 52.5 Å². The molecule has 0 amide bonds. The van der Waals surface area contributed by atoms with Gasteiger partial charge in [0.2, 0.25) is 0 Å². The van der Waals surface area contributed by atoms with Crippen LogP contribution in [0.5, 0.6) is 0 Å². The van der Waals surface area contributed by atoms with Crippen LogP contribution in [0.3, 0.4) is 0 Å². The van der Waals surface area contributed by atoms with Crippen molar-refractivity contribution in [3.05, 3.63) is 108 Å². The Morgan fingerprint density at radius 3 is 1.62 bits per heavy atom. The Morgan fingerprint density at radius 2 is 1.19 bits per heavy atom. The molecule has 4 heteroatoms. The van der Waals surface area contributed by atoms with Gasteiger partial charge in [-0.15, -0.1) is 0 Å². The summed E-state index contributed by atoms with van der Waals surface area (Å²) in [6.45, 7) is 0.203. The lowest BCUT2D eigenvalue weighted by atomic mass is 9.84. The molecular formula is C22H22BNO2. The second-order valence-electron chi connectivity index (χ2n) is 6.35. The monoisotopic (exact) mass is 343 g/mol. The first-order valence-electron chi connectivity index (χ1n) is 8.66. The number of rotatable bonds is 7. The molecule has 1 unspecified atom stereocenters. The molecule has 3 rings (SSSR count). The van der Waals surface area contributed by atoms with E-state index in [-0.39, 0.29) is 6.54 Å². The summed E-state index contributed by atoms with van der Waals surface area (Å²) in [6.07, 6.45) is 0. The highest BCUT2D eigenvalue weighted by Crippen LogP contribution is 2.30. The number of hydrogen-bond donors (Lipinski definition) is 3. The van der Waals surface area contributed by atoms with E-state index in [1.165, 1.54) is 0 Å². The van der Waals surface area contributed by atoms with E-state index in [4.69, 9.17) is 7.85 Å². The zero-order chi connectivity index (χ0) is 18.4. The van der Waals surface area contributed by atoms with Crippen LogP contribution in [0, 0.1) is 0 Å². The average Bonchev–Trinajstić information content (AvgIpc) is 2.70. The minimum Gasteiger partial charge on any atom is -0.401 e. The van der Waals surface area contributed by atoms with Crippen molar-refractivity contribution >= 4 is 7.85 Å². The average molecular weight is 343 g/mol. The minimum atomic E-state index is -1.25. The first-order valence-corrected chi connectivity index (χ1v) is 8.66. The van der Waals surface area contributed by atoms with E-state index in [9.17, 15) is 10.2 Å². The molecule has 0 aliphatic carbocycles. The van der Waals surface area contributed by atoms with Gasteiger partial charge >= 0.3 is 0 Å². The second-order valence-corrected chi connectivity index (χ2v) is 6.35. The maximum Gasteiger partial charge on any atom is 0.127 e. The molecule has 0 bridgehead atoms. The maximum absolute atomic E-state index is 11.5. The quantitative estimate of drug-likeness (QED) is 0.578. The van der Waals surface area contributed by atoms with E-state index in [1.54, 1.807) is 0 Å². The SMILES string of the molecule is [B]C(O)[C@H](NCC(O)(c1ccccc1)c1ccccc1)c1ccccc1. The van der Waals surface area contributed by atoms with E-state index in [0.29, 0.717) is 0 Å². The lowest BCUT2D eigenvalue weighted by molar-refractivity contribution is 0.0703. The van der Waals surface area contributed by atoms with Crippen molar-refractivity contribution in [3.8, 4) is 0 Å². The number of aliphatic hydroxyl groups excluding tert-OH is 1. The zero-order valence-corrected chi connectivity index (χ0v) is 14.5. The fourth-order valence-electron chi connectivity index (χ4n) is 3.15. The summed E-state index contributed by atoms with van der Waals surface area (Å²) in [4.78, 5) is 0. The number of hydrogen-bond acceptors (Lipinski definition) is 3. The van der Waals surface area contributed by atoms with Crippen molar-refractivity contribution in [3.63, 3.8) is 0 Å². The third kappa shape index (κ3) is 4.05. The van der Waals surface area contributed by atoms with Gasteiger partial charge in [-0.05, 0) is 16.7 Å². The highest BCUT2D eigenvalue weighted by molar-refractivity contribution is 6.11. The molecule has 0 aliphatic rings. The Labute approximate surface area is 155 Å². The van der Waals surface area contributed by atoms with Crippen molar-refractivity contribution in [1.29, 1.82) is 0 Å². The zero-order valence-electron chi connectivity index (χ0n) is 14.5. The van der Waals surface area contributed by atoms with Crippen molar-refractivity contribution < 1.29 is 10.2 Å². The van der Waals surface area contributed by atoms with Gasteiger partial charge in [0.1, 0.15) is 13.4 Å². The highest BCUT2D eigenvalue weighted by Gasteiger charge is 2.32. The van der Waals surface area contributed by atoms with E-state index >= 15 is 0 Å². The predicted octanol–water partition coefficient (Wildman–Crippen LogP) is 2.74. The summed E-state index contributed by atoms with van der Waals surface area (Å²) in [5, 5.41) is 24.8. The van der Waals surface area contributed by atoms with Crippen molar-refractivity contribution in [2.45, 2.75) is 17.6 Å². The molecule has 2 atom stereocenters. The van der Waals surface area contributed by atoms with Gasteiger partial charge in [-0.3, -0.25) is 0 Å². The fraction of sp³-hybridized carbons (Fsp3) is 0.182. The molecule has 0 fully saturated rings. The Morgan fingerprint density at radius 1 is 0.769 bits per heavy atom. The molecule has 0 heterocycles. The molecule has 0 saturated carbocycles. The molecule has 3 aromatic rings. The Kier molecular flexibility index (Phi) is 5.89. The van der Waals surface area contributed by atoms with Crippen LogP contribution in [-0.4, -0.2) is 30.6 Å². The molecule has 3 N–H and O–H groups in total. The van der Waals surface area contributed by atoms with Gasteiger partial charge in [-0.25, -0.2) is 0 Å². The first kappa shape index (κ1) is 18.4. The summed E-state index contributed by atoms with van der Waals surface area (Å²) in [5.41, 5.74) is 1.17. The largest absolute Gasteiger partial charge is 0.401 e. The highest BCUT2D eigenvalue weighted by atomic mass is 16.3. The van der Waals surface area contributed by atoms with Gasteiger partial charge in [0.25, 0.3) is 0 Å². The molecule has 0 aromatic heterocycles. The minimum absolute atomic E-state index is 0.203. The summed E-state index contributed by atoms with van der Waals surface area (Å²) >= 11 is 0. The van der Waals surface area contributed by atoms with Gasteiger partial charge in [0.05, 0.1) is 0 Å². The van der Waals surface area contributed by atoms with Gasteiger partial charge in [0.15, 0.2) is 0 Å². The standard InChI is InChI=1S/C22H22BNO2/c23-21(25)20(17-10-4-1-5-11-17)24-16-22(26,18-12-6-2-7-13-18)19-14-8-3-9-15-19/h1-15,20-21,24-26H,16H2/t20-,21?/m1/s1. The van der Waals surface area contributed by atoms with Gasteiger partial charge in [-0.1, -0.05) is 91.0 Å². The number of nitrogens with one attached hydrogen (secondary N) is 1. The van der Waals surface area contributed by atoms with Crippen LogP contribution in [0.4, 0.5) is 0 Å². The Hall–Kier alpha value is -2.40. The summed E-state index contributed by atoms with van der Waals surface area (Å²) in [6, 6.07) is 26.9. The van der Waals surface area contributed by atoms with E-state index in [0.717, 1.165) is 16.7 Å². The Balaban J connectivity index is 1.91. The van der Waals surface area contributed by atoms with Crippen LogP contribution >= 0.6 is 0 Å². The maximum atomic E-state index is 11.5. The lowest BCUT2D eigenvalue weighted by Gasteiger charge is -2.33. The molecular weight excluding hydrogens is 321 g/mol. The second kappa shape index (κ2) is 8.32. The molecule has 0 spiro atoms. The van der Waals surface area contributed by atoms with Crippen molar-refractivity contribution in [1.82, 2.24) is 5.32 Å². The molecule has 0 aliphatic heterocycles. The van der Waals surface area contributed by atoms with Crippen molar-refractivity contribution in [2.24, 2.45) is 0 Å². The third-order valence-corrected chi connectivity index (χ3v) is 4.58. The van der Waals surface area contributed by atoms with Crippen LogP contribution in [-0.2, 0) is 5.60 Å². The third-order valence-electron chi connectivity index (χ3n) is 4.58. The molecule has 3 nitrogen and oxygen atoms in total. The number of benzene rings is 3.